The number of aliphatic hydroxyl groups is 4. The van der Waals surface area contributed by atoms with Gasteiger partial charge in [0.2, 0.25) is 11.8 Å². The van der Waals surface area contributed by atoms with E-state index in [0.29, 0.717) is 0 Å². The van der Waals surface area contributed by atoms with E-state index in [2.05, 4.69) is 10.6 Å². The minimum atomic E-state index is -1.70. The van der Waals surface area contributed by atoms with Gasteiger partial charge < -0.3 is 70.2 Å². The van der Waals surface area contributed by atoms with Crippen LogP contribution in [0, 0.1) is 39.9 Å². The van der Waals surface area contributed by atoms with Crippen LogP contribution >= 0.6 is 0 Å². The first-order valence-electron chi connectivity index (χ1n) is 14.7. The smallest absolute Gasteiger partial charge is 0.549 e. The molecule has 5 atom stereocenters. The van der Waals surface area contributed by atoms with Crippen LogP contribution in [-0.4, -0.2) is 205 Å². The fourth-order valence-corrected chi connectivity index (χ4v) is 4.90. The Kier molecular flexibility index (Phi) is 21.0. The molecule has 0 saturated carbocycles. The van der Waals surface area contributed by atoms with Crippen LogP contribution in [0.25, 0.3) is 0 Å². The van der Waals surface area contributed by atoms with Gasteiger partial charge in [-0.1, -0.05) is 0 Å². The molecule has 0 aromatic heterocycles. The molecule has 47 heavy (non-hydrogen) atoms. The molecule has 6 N–H and O–H groups in total. The summed E-state index contributed by atoms with van der Waals surface area (Å²) in [7, 11) is 0. The molecule has 2 aliphatic heterocycles. The van der Waals surface area contributed by atoms with Crippen LogP contribution in [0.2, 0.25) is 0 Å². The number of carboxylic acid groups (broad SMARTS) is 3. The number of rotatable bonds is 15. The van der Waals surface area contributed by atoms with Crippen molar-refractivity contribution in [2.45, 2.75) is 30.7 Å². The number of hydrogen-bond donors (Lipinski definition) is 6. The Morgan fingerprint density at radius 2 is 1.04 bits per heavy atom. The van der Waals surface area contributed by atoms with E-state index in [1.807, 2.05) is 0 Å². The van der Waals surface area contributed by atoms with Crippen molar-refractivity contribution in [3.8, 4) is 0 Å². The second-order valence-electron chi connectivity index (χ2n) is 10.9. The summed E-state index contributed by atoms with van der Waals surface area (Å²) in [6.07, 6.45) is -7.54. The summed E-state index contributed by atoms with van der Waals surface area (Å²) in [5.74, 6) is -5.09. The number of carbonyl (C=O) groups is 5. The number of nitrogens with one attached hydrogen (secondary N) is 2. The third-order valence-corrected chi connectivity index (χ3v) is 7.37. The van der Waals surface area contributed by atoms with Crippen molar-refractivity contribution in [1.29, 1.82) is 0 Å². The van der Waals surface area contributed by atoms with Gasteiger partial charge >= 0.3 is 39.9 Å². The largest absolute Gasteiger partial charge is 3.00 e. The number of carbonyl (C=O) groups excluding carboxylic acids is 5. The first-order valence-corrected chi connectivity index (χ1v) is 14.7. The molecule has 0 aromatic rings. The minimum absolute atomic E-state index is 0. The molecule has 0 aliphatic carbocycles. The fourth-order valence-electron chi connectivity index (χ4n) is 4.90. The molecular formula is C26H43GdN6O14. The van der Waals surface area contributed by atoms with E-state index in [1.54, 1.807) is 14.7 Å². The van der Waals surface area contributed by atoms with Crippen LogP contribution in [0.5, 0.6) is 0 Å². The summed E-state index contributed by atoms with van der Waals surface area (Å²) in [6, 6.07) is 0. The van der Waals surface area contributed by atoms with Gasteiger partial charge in [-0.2, -0.15) is 0 Å². The Balaban J connectivity index is 0.0000110. The summed E-state index contributed by atoms with van der Waals surface area (Å²) >= 11 is 0. The van der Waals surface area contributed by atoms with Crippen molar-refractivity contribution in [3.63, 3.8) is 0 Å². The summed E-state index contributed by atoms with van der Waals surface area (Å²) in [4.78, 5) is 64.9. The second kappa shape index (κ2) is 22.8. The molecule has 269 valence electrons. The van der Waals surface area contributed by atoms with Crippen molar-refractivity contribution >= 4 is 29.7 Å². The van der Waals surface area contributed by atoms with Crippen molar-refractivity contribution < 1.29 is 109 Å². The first-order chi connectivity index (χ1) is 21.8. The van der Waals surface area contributed by atoms with Gasteiger partial charge in [0.15, 0.2) is 6.29 Å². The average molecular weight is 821 g/mol. The van der Waals surface area contributed by atoms with Gasteiger partial charge in [0.25, 0.3) is 0 Å². The van der Waals surface area contributed by atoms with Crippen molar-refractivity contribution in [2.75, 3.05) is 105 Å². The maximum Gasteiger partial charge on any atom is 3.00 e. The van der Waals surface area contributed by atoms with Crippen molar-refractivity contribution in [3.05, 3.63) is 0 Å². The van der Waals surface area contributed by atoms with Gasteiger partial charge in [-0.3, -0.25) is 29.2 Å². The van der Waals surface area contributed by atoms with E-state index in [1.165, 1.54) is 4.90 Å². The van der Waals surface area contributed by atoms with Crippen LogP contribution in [-0.2, 0) is 33.4 Å². The number of aliphatic hydroxyl groups excluding tert-OH is 4. The van der Waals surface area contributed by atoms with Gasteiger partial charge in [0, 0.05) is 85.1 Å². The van der Waals surface area contributed by atoms with Crippen molar-refractivity contribution in [1.82, 2.24) is 30.2 Å². The number of carboxylic acids is 3. The van der Waals surface area contributed by atoms with E-state index in [9.17, 15) is 54.6 Å². The molecular weight excluding hydrogens is 778 g/mol. The standard InChI is InChI=1S/C26H46N6O14.Gd/c33-15-17-23(42)24(43)25(26(44)46-17)45-16-19(35)28-2-1-27-18(34)11-29-3-5-30(12-20(36)37)7-9-32(14-22(40)41)10-8-31(6-4-29)13-21(38)39;/h17,23-26,33,42-44H,1-16H2,(H,27,34)(H,28,35)(H,36,37)(H,38,39)(H,40,41);/q;+3/p-3/t17-,23-,24+,25?,26+;/m1./s1. The molecule has 21 heteroatoms. The maximum absolute atomic E-state index is 12.7. The topological polar surface area (TPSA) is 291 Å². The summed E-state index contributed by atoms with van der Waals surface area (Å²) < 4.78 is 10.1. The molecule has 2 rings (SSSR count). The number of ether oxygens (including phenoxy) is 2. The Hall–Kier alpha value is -1.73. The second-order valence-corrected chi connectivity index (χ2v) is 10.9. The number of nitrogens with zero attached hydrogens (tertiary/aromatic N) is 4. The Bertz CT molecular complexity index is 983. The predicted molar refractivity (Wildman–Crippen MR) is 147 cm³/mol. The molecule has 0 aromatic carbocycles. The predicted octanol–water partition coefficient (Wildman–Crippen LogP) is -10.5. The van der Waals surface area contributed by atoms with Gasteiger partial charge in [-0.05, 0) is 0 Å². The minimum Gasteiger partial charge on any atom is -0.549 e. The van der Waals surface area contributed by atoms with E-state index in [0.717, 1.165) is 0 Å². The molecule has 2 fully saturated rings. The molecule has 2 heterocycles. The number of amides is 2. The number of aliphatic carboxylic acids is 3. The monoisotopic (exact) mass is 821 g/mol. The van der Waals surface area contributed by atoms with Gasteiger partial charge in [-0.15, -0.1) is 0 Å². The molecule has 0 spiro atoms. The van der Waals surface area contributed by atoms with Crippen LogP contribution in [0.4, 0.5) is 0 Å². The van der Waals surface area contributed by atoms with Gasteiger partial charge in [-0.25, -0.2) is 0 Å². The Labute approximate surface area is 303 Å². The van der Waals surface area contributed by atoms with Crippen LogP contribution in [0.15, 0.2) is 0 Å². The average Bonchev–Trinajstić information content (AvgIpc) is 2.97. The van der Waals surface area contributed by atoms with Gasteiger partial charge in [0.1, 0.15) is 31.0 Å². The molecule has 2 amide bonds. The fraction of sp³-hybridized carbons (Fsp3) is 0.808. The zero-order chi connectivity index (χ0) is 34.2. The van der Waals surface area contributed by atoms with Crippen LogP contribution < -0.4 is 26.0 Å². The molecule has 0 bridgehead atoms. The number of hydrogen-bond acceptors (Lipinski definition) is 18. The third kappa shape index (κ3) is 17.0. The van der Waals surface area contributed by atoms with E-state index in [-0.39, 0.29) is 112 Å². The Morgan fingerprint density at radius 1 is 0.660 bits per heavy atom. The maximum atomic E-state index is 12.7. The summed E-state index contributed by atoms with van der Waals surface area (Å²) in [5.41, 5.74) is 0. The van der Waals surface area contributed by atoms with Crippen LogP contribution in [0.1, 0.15) is 0 Å². The Morgan fingerprint density at radius 3 is 1.43 bits per heavy atom. The normalized spacial score (nSPS) is 25.8. The van der Waals surface area contributed by atoms with Gasteiger partial charge in [0.05, 0.1) is 31.1 Å². The SMILES string of the molecule is O=C([O-])CN1CCN(CC(=O)[O-])CCN(CC(=O)NCCNC(=O)COC2[C@@H](O)[C@H](O)[C@@H](CO)O[C@@H]2O)CCN(CC(=O)[O-])CC1.[Gd+3]. The summed E-state index contributed by atoms with van der Waals surface area (Å²) in [6.45, 7) is -1.22. The van der Waals surface area contributed by atoms with E-state index in [4.69, 9.17) is 14.6 Å². The zero-order valence-corrected chi connectivity index (χ0v) is 28.0. The van der Waals surface area contributed by atoms with Crippen LogP contribution in [0.3, 0.4) is 0 Å². The molecule has 1 unspecified atom stereocenters. The molecule has 2 aliphatic rings. The first kappa shape index (κ1) is 43.3. The quantitative estimate of drug-likeness (QED) is 0.0836. The zero-order valence-electron chi connectivity index (χ0n) is 25.7. The third-order valence-electron chi connectivity index (χ3n) is 7.37. The van der Waals surface area contributed by atoms with E-state index >= 15 is 0 Å². The molecule has 20 nitrogen and oxygen atoms in total. The van der Waals surface area contributed by atoms with Crippen molar-refractivity contribution in [2.24, 2.45) is 0 Å². The summed E-state index contributed by atoms with van der Waals surface area (Å²) in [5, 5.41) is 77.8. The molecule has 2 saturated heterocycles. The van der Waals surface area contributed by atoms with E-state index < -0.39 is 93.3 Å². The molecule has 1 radical (unpaired) electrons.